The molecule has 9 nitrogen and oxygen atoms in total. The van der Waals surface area contributed by atoms with Crippen LogP contribution in [0.2, 0.25) is 0 Å². The summed E-state index contributed by atoms with van der Waals surface area (Å²) in [6.07, 6.45) is 18.2. The summed E-state index contributed by atoms with van der Waals surface area (Å²) in [6.45, 7) is 16.8. The highest BCUT2D eigenvalue weighted by Gasteiger charge is 2.59. The second-order valence-corrected chi connectivity index (χ2v) is 17.5. The Morgan fingerprint density at radius 1 is 0.865 bits per heavy atom. The number of allylic oxidation sites excluding steroid dienone is 1. The number of fused-ring (bicyclic) bond motifs is 5. The highest BCUT2D eigenvalue weighted by molar-refractivity contribution is 5.82. The van der Waals surface area contributed by atoms with Gasteiger partial charge in [-0.15, -0.1) is 0 Å². The van der Waals surface area contributed by atoms with Gasteiger partial charge in [0.2, 0.25) is 5.91 Å². The molecule has 0 spiro atoms. The van der Waals surface area contributed by atoms with E-state index >= 15 is 0 Å². The molecule has 4 aliphatic rings. The fourth-order valence-electron chi connectivity index (χ4n) is 11.0. The number of ether oxygens (including phenoxy) is 3. The Kier molecular flexibility index (Phi) is 15.9. The van der Waals surface area contributed by atoms with Crippen LogP contribution in [-0.2, 0) is 28.6 Å². The van der Waals surface area contributed by atoms with Crippen molar-refractivity contribution in [2.45, 2.75) is 157 Å². The summed E-state index contributed by atoms with van der Waals surface area (Å²) in [6, 6.07) is 0. The summed E-state index contributed by atoms with van der Waals surface area (Å²) in [5.74, 6) is 3.79. The number of nitrogens with one attached hydrogen (secondary N) is 1. The van der Waals surface area contributed by atoms with Crippen LogP contribution in [0.3, 0.4) is 0 Å². The van der Waals surface area contributed by atoms with Gasteiger partial charge in [0.15, 0.2) is 0 Å². The van der Waals surface area contributed by atoms with E-state index in [1.54, 1.807) is 13.8 Å². The van der Waals surface area contributed by atoms with Gasteiger partial charge in [-0.2, -0.15) is 0 Å². The first-order chi connectivity index (χ1) is 24.8. The fraction of sp³-hybridized carbons (Fsp3) is 0.860. The van der Waals surface area contributed by atoms with Crippen LogP contribution in [0, 0.1) is 46.3 Å². The van der Waals surface area contributed by atoms with Crippen molar-refractivity contribution in [3.63, 3.8) is 0 Å². The van der Waals surface area contributed by atoms with E-state index in [1.165, 1.54) is 61.8 Å². The lowest BCUT2D eigenvalue weighted by Gasteiger charge is -2.58. The Balaban J connectivity index is 1.18. The molecule has 3 fully saturated rings. The Morgan fingerprint density at radius 3 is 2.35 bits per heavy atom. The molecular formula is C43H72N2O7. The average Bonchev–Trinajstić information content (AvgIpc) is 3.45. The summed E-state index contributed by atoms with van der Waals surface area (Å²) in [7, 11) is 0. The molecule has 3 saturated carbocycles. The Hall–Kier alpha value is -2.58. The number of amides is 2. The van der Waals surface area contributed by atoms with Gasteiger partial charge in [-0.25, -0.2) is 4.79 Å². The van der Waals surface area contributed by atoms with E-state index < -0.39 is 11.9 Å². The number of hydrogen-bond acceptors (Lipinski definition) is 7. The number of rotatable bonds is 19. The van der Waals surface area contributed by atoms with Gasteiger partial charge >= 0.3 is 18.0 Å². The quantitative estimate of drug-likeness (QED) is 0.0612. The van der Waals surface area contributed by atoms with Gasteiger partial charge in [-0.05, 0) is 118 Å². The number of alkyl carbamates (subject to hydrolysis) is 1. The summed E-state index contributed by atoms with van der Waals surface area (Å²) in [5, 5.41) is 2.92. The van der Waals surface area contributed by atoms with E-state index in [9.17, 15) is 19.2 Å². The smallest absolute Gasteiger partial charge is 0.407 e. The lowest BCUT2D eigenvalue weighted by atomic mass is 9.47. The van der Waals surface area contributed by atoms with Gasteiger partial charge in [-0.1, -0.05) is 72.0 Å². The maximum Gasteiger partial charge on any atom is 0.407 e. The predicted molar refractivity (Wildman–Crippen MR) is 204 cm³/mol. The number of carbonyl (C=O) groups excluding carboxylic acids is 4. The zero-order valence-electron chi connectivity index (χ0n) is 33.8. The summed E-state index contributed by atoms with van der Waals surface area (Å²) < 4.78 is 15.9. The maximum atomic E-state index is 12.8. The van der Waals surface area contributed by atoms with Gasteiger partial charge in [-0.3, -0.25) is 14.4 Å². The second-order valence-electron chi connectivity index (χ2n) is 17.5. The molecule has 0 saturated heterocycles. The van der Waals surface area contributed by atoms with Crippen LogP contribution in [0.5, 0.6) is 0 Å². The molecular weight excluding hydrogens is 656 g/mol. The van der Waals surface area contributed by atoms with Gasteiger partial charge in [0.25, 0.3) is 0 Å². The van der Waals surface area contributed by atoms with E-state index in [1.807, 2.05) is 0 Å². The number of hydrogen-bond donors (Lipinski definition) is 1. The molecule has 52 heavy (non-hydrogen) atoms. The Morgan fingerprint density at radius 2 is 1.62 bits per heavy atom. The first kappa shape index (κ1) is 42.2. The number of carbonyl (C=O) groups is 4. The molecule has 4 aliphatic carbocycles. The van der Waals surface area contributed by atoms with Crippen LogP contribution < -0.4 is 5.32 Å². The van der Waals surface area contributed by atoms with Crippen LogP contribution >= 0.6 is 0 Å². The minimum Gasteiger partial charge on any atom is -0.466 e. The highest BCUT2D eigenvalue weighted by Crippen LogP contribution is 2.67. The molecule has 4 rings (SSSR count). The van der Waals surface area contributed by atoms with Crippen molar-refractivity contribution in [2.24, 2.45) is 46.3 Å². The largest absolute Gasteiger partial charge is 0.466 e. The van der Waals surface area contributed by atoms with Crippen LogP contribution in [0.15, 0.2) is 11.6 Å². The molecule has 296 valence electrons. The lowest BCUT2D eigenvalue weighted by Crippen LogP contribution is -2.51. The molecule has 0 aliphatic heterocycles. The van der Waals surface area contributed by atoms with Gasteiger partial charge in [0.1, 0.15) is 12.6 Å². The van der Waals surface area contributed by atoms with Crippen molar-refractivity contribution in [1.82, 2.24) is 10.2 Å². The Labute approximate surface area is 315 Å². The van der Waals surface area contributed by atoms with Gasteiger partial charge in [0.05, 0.1) is 19.6 Å². The molecule has 8 atom stereocenters. The predicted octanol–water partition coefficient (Wildman–Crippen LogP) is 9.03. The van der Waals surface area contributed by atoms with Crippen molar-refractivity contribution in [2.75, 3.05) is 32.8 Å². The zero-order valence-corrected chi connectivity index (χ0v) is 33.8. The minimum atomic E-state index is -0.495. The van der Waals surface area contributed by atoms with Crippen LogP contribution in [0.25, 0.3) is 0 Å². The number of esters is 2. The minimum absolute atomic E-state index is 0.0300. The van der Waals surface area contributed by atoms with Gasteiger partial charge < -0.3 is 24.4 Å². The normalized spacial score (nSPS) is 29.9. The van der Waals surface area contributed by atoms with E-state index in [4.69, 9.17) is 14.2 Å². The summed E-state index contributed by atoms with van der Waals surface area (Å²) >= 11 is 0. The molecule has 4 unspecified atom stereocenters. The number of nitrogens with zero attached hydrogens (tertiary/aromatic N) is 1. The van der Waals surface area contributed by atoms with Crippen molar-refractivity contribution < 1.29 is 33.4 Å². The zero-order chi connectivity index (χ0) is 37.9. The standard InChI is InChI=1S/C43H72N2O7/c1-8-50-39(47)23-27-45(29-40(48)51-9-2)38(46)16-11-10-12-26-44-41(49)52-33-21-24-42(6)32(28-33)17-18-34-36-20-19-35(31(5)15-13-14-30(3)4)43(36,7)25-22-37(34)42/h17,30-31,33-37H,8-16,18-29H2,1-7H3,(H,44,49)/t31?,33-,34?,35+,36?,37?,42-,43+/m0/s1. The summed E-state index contributed by atoms with van der Waals surface area (Å²) in [5.41, 5.74) is 2.25. The Bertz CT molecular complexity index is 1230. The molecule has 0 aromatic rings. The lowest BCUT2D eigenvalue weighted by molar-refractivity contribution is -0.150. The molecule has 0 bridgehead atoms. The first-order valence-electron chi connectivity index (χ1n) is 21.0. The maximum absolute atomic E-state index is 12.8. The third kappa shape index (κ3) is 10.8. The van der Waals surface area contributed by atoms with E-state index in [-0.39, 0.29) is 62.7 Å². The fourth-order valence-corrected chi connectivity index (χ4v) is 11.0. The SMILES string of the molecule is CCOC(=O)CCN(CC(=O)OCC)C(=O)CCCCCNC(=O)O[C@H]1CC[C@@]2(C)C(=CCC3C2CC[C@@]2(C)C3CC[C@@H]2C(C)CCCC(C)C)C1. The molecule has 0 radical (unpaired) electrons. The topological polar surface area (TPSA) is 111 Å². The number of unbranched alkanes of at least 4 members (excludes halogenated alkanes) is 2. The molecule has 9 heteroatoms. The third-order valence-electron chi connectivity index (χ3n) is 13.7. The molecule has 0 aromatic carbocycles. The third-order valence-corrected chi connectivity index (χ3v) is 13.7. The van der Waals surface area contributed by atoms with Crippen molar-refractivity contribution >= 4 is 23.9 Å². The highest BCUT2D eigenvalue weighted by atomic mass is 16.6. The van der Waals surface area contributed by atoms with Crippen LogP contribution in [-0.4, -0.2) is 67.8 Å². The summed E-state index contributed by atoms with van der Waals surface area (Å²) in [4.78, 5) is 50.8. The van der Waals surface area contributed by atoms with E-state index in [2.05, 4.69) is 46.0 Å². The molecule has 2 amide bonds. The van der Waals surface area contributed by atoms with E-state index in [0.29, 0.717) is 18.4 Å². The molecule has 0 aromatic heterocycles. The van der Waals surface area contributed by atoms with Crippen molar-refractivity contribution in [3.05, 3.63) is 11.6 Å². The monoisotopic (exact) mass is 729 g/mol. The second kappa shape index (κ2) is 19.7. The first-order valence-corrected chi connectivity index (χ1v) is 21.0. The van der Waals surface area contributed by atoms with Crippen molar-refractivity contribution in [3.8, 4) is 0 Å². The molecule has 0 heterocycles. The van der Waals surface area contributed by atoms with Crippen molar-refractivity contribution in [1.29, 1.82) is 0 Å². The van der Waals surface area contributed by atoms with Crippen LogP contribution in [0.1, 0.15) is 151 Å². The van der Waals surface area contributed by atoms with Crippen LogP contribution in [0.4, 0.5) is 4.79 Å². The van der Waals surface area contributed by atoms with E-state index in [0.717, 1.165) is 67.6 Å². The molecule has 1 N–H and O–H groups in total. The van der Waals surface area contributed by atoms with Gasteiger partial charge in [0, 0.05) is 25.9 Å². The average molecular weight is 729 g/mol.